The van der Waals surface area contributed by atoms with Crippen LogP contribution in [0.15, 0.2) is 24.5 Å². The quantitative estimate of drug-likeness (QED) is 0.417. The van der Waals surface area contributed by atoms with Crippen molar-refractivity contribution in [2.24, 2.45) is 5.92 Å². The second kappa shape index (κ2) is 6.15. The SMILES string of the molecule is C=CCC(C(=C)P1(=O)OCCO1)C(=O)OCC. The van der Waals surface area contributed by atoms with Crippen LogP contribution in [0, 0.1) is 5.92 Å². The Labute approximate surface area is 101 Å². The lowest BCUT2D eigenvalue weighted by molar-refractivity contribution is -0.146. The lowest BCUT2D eigenvalue weighted by Crippen LogP contribution is -2.19. The van der Waals surface area contributed by atoms with Crippen LogP contribution in [0.2, 0.25) is 0 Å². The summed E-state index contributed by atoms with van der Waals surface area (Å²) in [5.41, 5.74) is 0. The molecule has 1 fully saturated rings. The molecule has 6 heteroatoms. The van der Waals surface area contributed by atoms with Gasteiger partial charge in [0.2, 0.25) is 0 Å². The van der Waals surface area contributed by atoms with E-state index in [-0.39, 0.29) is 25.1 Å². The van der Waals surface area contributed by atoms with Crippen molar-refractivity contribution < 1.29 is 23.1 Å². The molecule has 1 heterocycles. The molecule has 0 saturated carbocycles. The van der Waals surface area contributed by atoms with Crippen molar-refractivity contribution in [2.75, 3.05) is 19.8 Å². The highest BCUT2D eigenvalue weighted by molar-refractivity contribution is 7.58. The molecule has 0 aromatic carbocycles. The number of ether oxygens (including phenoxy) is 1. The molecule has 0 spiro atoms. The summed E-state index contributed by atoms with van der Waals surface area (Å²) >= 11 is 0. The summed E-state index contributed by atoms with van der Waals surface area (Å²) in [7, 11) is -3.37. The highest BCUT2D eigenvalue weighted by Gasteiger charge is 2.40. The summed E-state index contributed by atoms with van der Waals surface area (Å²) in [5.74, 6) is -1.21. The van der Waals surface area contributed by atoms with Crippen molar-refractivity contribution in [3.63, 3.8) is 0 Å². The average Bonchev–Trinajstić information content (AvgIpc) is 2.73. The van der Waals surface area contributed by atoms with Crippen LogP contribution in [0.25, 0.3) is 0 Å². The van der Waals surface area contributed by atoms with E-state index in [2.05, 4.69) is 13.2 Å². The molecule has 0 aromatic heterocycles. The van der Waals surface area contributed by atoms with E-state index in [0.29, 0.717) is 6.42 Å². The summed E-state index contributed by atoms with van der Waals surface area (Å²) in [6, 6.07) is 0. The molecular weight excluding hydrogens is 243 g/mol. The van der Waals surface area contributed by atoms with Gasteiger partial charge in [-0.05, 0) is 13.3 Å². The van der Waals surface area contributed by atoms with Crippen LogP contribution in [-0.4, -0.2) is 25.8 Å². The fourth-order valence-corrected chi connectivity index (χ4v) is 3.12. The largest absolute Gasteiger partial charge is 0.466 e. The summed E-state index contributed by atoms with van der Waals surface area (Å²) in [4.78, 5) is 11.7. The van der Waals surface area contributed by atoms with Gasteiger partial charge in [0.25, 0.3) is 0 Å². The molecule has 0 radical (unpaired) electrons. The van der Waals surface area contributed by atoms with Crippen molar-refractivity contribution in [3.8, 4) is 0 Å². The minimum atomic E-state index is -3.37. The molecule has 1 rings (SSSR count). The van der Waals surface area contributed by atoms with Gasteiger partial charge in [0.1, 0.15) is 0 Å². The summed E-state index contributed by atoms with van der Waals surface area (Å²) in [5, 5.41) is 0.147. The van der Waals surface area contributed by atoms with Crippen LogP contribution in [0.3, 0.4) is 0 Å². The van der Waals surface area contributed by atoms with Crippen LogP contribution in [0.5, 0.6) is 0 Å². The molecule has 1 saturated heterocycles. The van der Waals surface area contributed by atoms with Crippen molar-refractivity contribution in [1.82, 2.24) is 0 Å². The van der Waals surface area contributed by atoms with Gasteiger partial charge in [-0.1, -0.05) is 12.7 Å². The van der Waals surface area contributed by atoms with Crippen LogP contribution in [-0.2, 0) is 23.1 Å². The third kappa shape index (κ3) is 3.28. The maximum Gasteiger partial charge on any atom is 0.357 e. The maximum absolute atomic E-state index is 12.2. The van der Waals surface area contributed by atoms with Gasteiger partial charge in [-0.2, -0.15) is 0 Å². The Kier molecular flexibility index (Phi) is 5.12. The van der Waals surface area contributed by atoms with Crippen LogP contribution < -0.4 is 0 Å². The minimum Gasteiger partial charge on any atom is -0.466 e. The third-order valence-electron chi connectivity index (χ3n) is 2.33. The second-order valence-corrected chi connectivity index (χ2v) is 5.57. The molecule has 17 heavy (non-hydrogen) atoms. The molecule has 1 aliphatic rings. The molecule has 0 aliphatic carbocycles. The van der Waals surface area contributed by atoms with Gasteiger partial charge in [0.15, 0.2) is 0 Å². The predicted molar refractivity (Wildman–Crippen MR) is 63.6 cm³/mol. The first-order valence-electron chi connectivity index (χ1n) is 5.41. The van der Waals surface area contributed by atoms with Gasteiger partial charge in [-0.25, -0.2) is 0 Å². The number of rotatable bonds is 6. The first-order valence-corrected chi connectivity index (χ1v) is 6.95. The fraction of sp³-hybridized carbons (Fsp3) is 0.545. The summed E-state index contributed by atoms with van der Waals surface area (Å²) in [6.45, 7) is 9.68. The van der Waals surface area contributed by atoms with Crippen molar-refractivity contribution in [1.29, 1.82) is 0 Å². The normalized spacial score (nSPS) is 19.6. The number of carbonyl (C=O) groups is 1. The van der Waals surface area contributed by atoms with E-state index in [4.69, 9.17) is 13.8 Å². The topological polar surface area (TPSA) is 61.8 Å². The molecular formula is C11H17O5P. The smallest absolute Gasteiger partial charge is 0.357 e. The highest BCUT2D eigenvalue weighted by atomic mass is 31.2. The average molecular weight is 260 g/mol. The Hall–Kier alpha value is -0.900. The zero-order valence-corrected chi connectivity index (χ0v) is 10.8. The van der Waals surface area contributed by atoms with E-state index in [1.165, 1.54) is 0 Å². The molecule has 96 valence electrons. The molecule has 0 bridgehead atoms. The van der Waals surface area contributed by atoms with Gasteiger partial charge < -0.3 is 13.8 Å². The monoisotopic (exact) mass is 260 g/mol. The number of carbonyl (C=O) groups excluding carboxylic acids is 1. The number of esters is 1. The highest BCUT2D eigenvalue weighted by Crippen LogP contribution is 2.61. The summed E-state index contributed by atoms with van der Waals surface area (Å²) in [6.07, 6.45) is 1.85. The van der Waals surface area contributed by atoms with Crippen molar-refractivity contribution in [2.45, 2.75) is 13.3 Å². The number of hydrogen-bond donors (Lipinski definition) is 0. The van der Waals surface area contributed by atoms with Crippen LogP contribution in [0.1, 0.15) is 13.3 Å². The predicted octanol–water partition coefficient (Wildman–Crippen LogP) is 2.50. The molecule has 0 aromatic rings. The van der Waals surface area contributed by atoms with Gasteiger partial charge >= 0.3 is 13.6 Å². The third-order valence-corrected chi connectivity index (χ3v) is 4.39. The van der Waals surface area contributed by atoms with E-state index in [9.17, 15) is 9.36 Å². The molecule has 0 amide bonds. The number of allylic oxidation sites excluding steroid dienone is 1. The van der Waals surface area contributed by atoms with E-state index in [1.54, 1.807) is 13.0 Å². The molecule has 1 aliphatic heterocycles. The lowest BCUT2D eigenvalue weighted by Gasteiger charge is -2.19. The van der Waals surface area contributed by atoms with E-state index < -0.39 is 19.5 Å². The minimum absolute atomic E-state index is 0.147. The zero-order chi connectivity index (χ0) is 12.9. The van der Waals surface area contributed by atoms with E-state index >= 15 is 0 Å². The first-order chi connectivity index (χ1) is 8.05. The Balaban J connectivity index is 2.83. The molecule has 5 nitrogen and oxygen atoms in total. The standard InChI is InChI=1S/C11H17O5P/c1-4-6-10(11(12)14-5-2)9(3)17(13)15-7-8-16-17/h4,10H,1,3,5-8H2,2H3. The zero-order valence-electron chi connectivity index (χ0n) is 9.89. The lowest BCUT2D eigenvalue weighted by atomic mass is 10.1. The van der Waals surface area contributed by atoms with Crippen molar-refractivity contribution >= 4 is 13.6 Å². The van der Waals surface area contributed by atoms with Crippen molar-refractivity contribution in [3.05, 3.63) is 24.5 Å². The van der Waals surface area contributed by atoms with Gasteiger partial charge in [-0.3, -0.25) is 9.36 Å². The van der Waals surface area contributed by atoms with E-state index in [1.807, 2.05) is 0 Å². The van der Waals surface area contributed by atoms with Gasteiger partial charge in [0.05, 0.1) is 25.7 Å². The van der Waals surface area contributed by atoms with Gasteiger partial charge in [-0.15, -0.1) is 6.58 Å². The van der Waals surface area contributed by atoms with Crippen LogP contribution in [0.4, 0.5) is 0 Å². The van der Waals surface area contributed by atoms with E-state index in [0.717, 1.165) is 0 Å². The Bertz CT molecular complexity index is 353. The molecule has 1 unspecified atom stereocenters. The maximum atomic E-state index is 12.2. The van der Waals surface area contributed by atoms with Crippen LogP contribution >= 0.6 is 7.60 Å². The first kappa shape index (κ1) is 14.2. The molecule has 1 atom stereocenters. The number of hydrogen-bond acceptors (Lipinski definition) is 5. The second-order valence-electron chi connectivity index (χ2n) is 3.48. The fourth-order valence-electron chi connectivity index (χ4n) is 1.49. The van der Waals surface area contributed by atoms with Gasteiger partial charge in [0, 0.05) is 5.31 Å². The Morgan fingerprint density at radius 3 is 2.59 bits per heavy atom. The Morgan fingerprint density at radius 2 is 2.12 bits per heavy atom. The Morgan fingerprint density at radius 1 is 1.53 bits per heavy atom. The molecule has 0 N–H and O–H groups in total. The summed E-state index contributed by atoms with van der Waals surface area (Å²) < 4.78 is 27.2.